The second-order valence-electron chi connectivity index (χ2n) is 2.79. The van der Waals surface area contributed by atoms with Crippen LogP contribution >= 0.6 is 0 Å². The molecule has 3 N–H and O–H groups in total. The van der Waals surface area contributed by atoms with E-state index in [2.05, 4.69) is 6.58 Å². The number of ether oxygens (including phenoxy) is 2. The van der Waals surface area contributed by atoms with Crippen LogP contribution in [-0.4, -0.2) is 54.0 Å². The van der Waals surface area contributed by atoms with Crippen molar-refractivity contribution in [2.24, 2.45) is 0 Å². The summed E-state index contributed by atoms with van der Waals surface area (Å²) in [6, 6.07) is 0. The molecule has 0 aliphatic carbocycles. The third-order valence-corrected chi connectivity index (χ3v) is 1.22. The second-order valence-corrected chi connectivity index (χ2v) is 2.79. The van der Waals surface area contributed by atoms with Crippen LogP contribution in [0.3, 0.4) is 0 Å². The van der Waals surface area contributed by atoms with Crippen molar-refractivity contribution in [2.45, 2.75) is 20.1 Å². The predicted molar refractivity (Wildman–Crippen MR) is 58.0 cm³/mol. The molecule has 0 bridgehead atoms. The molecule has 16 heavy (non-hydrogen) atoms. The van der Waals surface area contributed by atoms with Crippen LogP contribution in [0.15, 0.2) is 12.2 Å². The highest BCUT2D eigenvalue weighted by molar-refractivity contribution is 5.84. The normalized spacial score (nSPS) is 11.2. The van der Waals surface area contributed by atoms with Gasteiger partial charge in [-0.05, 0) is 13.8 Å². The van der Waals surface area contributed by atoms with E-state index in [1.165, 1.54) is 6.92 Å². The molecule has 6 heteroatoms. The van der Waals surface area contributed by atoms with Crippen molar-refractivity contribution < 1.29 is 29.6 Å². The van der Waals surface area contributed by atoms with Crippen LogP contribution in [0.4, 0.5) is 0 Å². The monoisotopic (exact) mass is 236 g/mol. The maximum atomic E-state index is 9.60. The van der Waals surface area contributed by atoms with E-state index in [1.807, 2.05) is 0 Å². The smallest absolute Gasteiger partial charge is 0.330 e. The van der Waals surface area contributed by atoms with Crippen molar-refractivity contribution in [3.8, 4) is 0 Å². The maximum Gasteiger partial charge on any atom is 0.330 e. The van der Waals surface area contributed by atoms with Crippen molar-refractivity contribution >= 4 is 5.97 Å². The van der Waals surface area contributed by atoms with Gasteiger partial charge in [0.15, 0.2) is 6.29 Å². The largest absolute Gasteiger partial charge is 0.478 e. The fourth-order valence-electron chi connectivity index (χ4n) is 0.489. The molecule has 1 unspecified atom stereocenters. The summed E-state index contributed by atoms with van der Waals surface area (Å²) in [5.74, 6) is -0.935. The van der Waals surface area contributed by atoms with E-state index in [9.17, 15) is 4.79 Å². The van der Waals surface area contributed by atoms with Gasteiger partial charge in [-0.1, -0.05) is 6.58 Å². The molecule has 0 amide bonds. The van der Waals surface area contributed by atoms with Gasteiger partial charge in [-0.3, -0.25) is 0 Å². The van der Waals surface area contributed by atoms with Crippen LogP contribution < -0.4 is 0 Å². The molecule has 0 heterocycles. The molecule has 0 fully saturated rings. The summed E-state index contributed by atoms with van der Waals surface area (Å²) in [4.78, 5) is 9.60. The van der Waals surface area contributed by atoms with Crippen LogP contribution in [0.25, 0.3) is 0 Å². The topological polar surface area (TPSA) is 96.2 Å². The van der Waals surface area contributed by atoms with Gasteiger partial charge in [0.2, 0.25) is 0 Å². The van der Waals surface area contributed by atoms with Gasteiger partial charge in [0.1, 0.15) is 0 Å². The molecule has 0 saturated carbocycles. The first-order chi connectivity index (χ1) is 7.45. The van der Waals surface area contributed by atoms with Crippen LogP contribution in [0.5, 0.6) is 0 Å². The van der Waals surface area contributed by atoms with Crippen molar-refractivity contribution in [3.05, 3.63) is 12.2 Å². The molecule has 6 nitrogen and oxygen atoms in total. The third-order valence-electron chi connectivity index (χ3n) is 1.22. The molecule has 0 spiro atoms. The van der Waals surface area contributed by atoms with Gasteiger partial charge in [-0.25, -0.2) is 4.79 Å². The average molecular weight is 236 g/mol. The lowest BCUT2D eigenvalue weighted by molar-refractivity contribution is -0.136. The van der Waals surface area contributed by atoms with E-state index in [1.54, 1.807) is 6.92 Å². The SMILES string of the molecule is C=C(C)C(=O)O.CCOC(O)COCCO. The molecule has 0 saturated heterocycles. The standard InChI is InChI=1S/C6H14O4.C4H6O2/c1-2-10-6(8)5-9-4-3-7;1-3(2)4(5)6/h6-8H,2-5H2,1H3;1H2,2H3,(H,5,6). The van der Waals surface area contributed by atoms with E-state index < -0.39 is 12.3 Å². The highest BCUT2D eigenvalue weighted by Crippen LogP contribution is 1.86. The minimum atomic E-state index is -0.935. The Kier molecular flexibility index (Phi) is 13.2. The van der Waals surface area contributed by atoms with E-state index in [-0.39, 0.29) is 25.4 Å². The van der Waals surface area contributed by atoms with Gasteiger partial charge >= 0.3 is 5.97 Å². The van der Waals surface area contributed by atoms with Crippen molar-refractivity contribution in [1.82, 2.24) is 0 Å². The number of carbonyl (C=O) groups is 1. The zero-order valence-corrected chi connectivity index (χ0v) is 9.68. The molecule has 1 atom stereocenters. The summed E-state index contributed by atoms with van der Waals surface area (Å²) in [6.07, 6.45) is -0.864. The minimum absolute atomic E-state index is 0.0289. The predicted octanol–water partition coefficient (Wildman–Crippen LogP) is -0.00270. The highest BCUT2D eigenvalue weighted by atomic mass is 16.6. The maximum absolute atomic E-state index is 9.60. The molecule has 0 aromatic rings. The quantitative estimate of drug-likeness (QED) is 0.327. The third kappa shape index (κ3) is 15.5. The van der Waals surface area contributed by atoms with E-state index in [0.29, 0.717) is 6.61 Å². The Morgan fingerprint density at radius 1 is 1.50 bits per heavy atom. The summed E-state index contributed by atoms with van der Waals surface area (Å²) >= 11 is 0. The van der Waals surface area contributed by atoms with Gasteiger partial charge in [0.05, 0.1) is 19.8 Å². The number of rotatable bonds is 7. The zero-order chi connectivity index (χ0) is 13.0. The summed E-state index contributed by atoms with van der Waals surface area (Å²) in [7, 11) is 0. The summed E-state index contributed by atoms with van der Waals surface area (Å²) in [5.41, 5.74) is 0.176. The van der Waals surface area contributed by atoms with E-state index >= 15 is 0 Å². The first-order valence-electron chi connectivity index (χ1n) is 4.82. The molecule has 0 aromatic heterocycles. The molecule has 0 aliphatic rings. The van der Waals surface area contributed by atoms with Crippen LogP contribution in [-0.2, 0) is 14.3 Å². The molecule has 0 rings (SSSR count). The molecule has 0 aromatic carbocycles. The Labute approximate surface area is 95.1 Å². The Balaban J connectivity index is 0. The summed E-state index contributed by atoms with van der Waals surface area (Å²) in [6.45, 7) is 7.18. The average Bonchev–Trinajstić information content (AvgIpc) is 2.19. The summed E-state index contributed by atoms with van der Waals surface area (Å²) in [5, 5.41) is 25.0. The Bertz CT molecular complexity index is 180. The minimum Gasteiger partial charge on any atom is -0.478 e. The van der Waals surface area contributed by atoms with Crippen LogP contribution in [0, 0.1) is 0 Å². The Morgan fingerprint density at radius 2 is 2.00 bits per heavy atom. The van der Waals surface area contributed by atoms with Gasteiger partial charge in [-0.2, -0.15) is 0 Å². The number of hydrogen-bond donors (Lipinski definition) is 3. The molecule has 96 valence electrons. The van der Waals surface area contributed by atoms with Crippen molar-refractivity contribution in [1.29, 1.82) is 0 Å². The van der Waals surface area contributed by atoms with Crippen molar-refractivity contribution in [2.75, 3.05) is 26.4 Å². The Hall–Kier alpha value is -0.950. The number of aliphatic carboxylic acids is 1. The lowest BCUT2D eigenvalue weighted by Gasteiger charge is -2.09. The van der Waals surface area contributed by atoms with Crippen LogP contribution in [0.2, 0.25) is 0 Å². The number of carboxylic acid groups (broad SMARTS) is 1. The van der Waals surface area contributed by atoms with E-state index in [0.717, 1.165) is 0 Å². The number of aliphatic hydroxyl groups is 2. The fourth-order valence-corrected chi connectivity index (χ4v) is 0.489. The molecule has 0 aliphatic heterocycles. The second kappa shape index (κ2) is 12.1. The first kappa shape index (κ1) is 17.4. The van der Waals surface area contributed by atoms with Gasteiger partial charge in [-0.15, -0.1) is 0 Å². The molecular weight excluding hydrogens is 216 g/mol. The highest BCUT2D eigenvalue weighted by Gasteiger charge is 2.00. The van der Waals surface area contributed by atoms with Gasteiger partial charge in [0, 0.05) is 12.2 Å². The van der Waals surface area contributed by atoms with E-state index in [4.69, 9.17) is 24.8 Å². The van der Waals surface area contributed by atoms with Crippen molar-refractivity contribution in [3.63, 3.8) is 0 Å². The lowest BCUT2D eigenvalue weighted by atomic mass is 10.4. The molecule has 0 radical (unpaired) electrons. The number of hydrogen-bond acceptors (Lipinski definition) is 5. The Morgan fingerprint density at radius 3 is 2.31 bits per heavy atom. The zero-order valence-electron chi connectivity index (χ0n) is 9.68. The first-order valence-corrected chi connectivity index (χ1v) is 4.82. The lowest BCUT2D eigenvalue weighted by Crippen LogP contribution is -2.19. The van der Waals surface area contributed by atoms with Crippen LogP contribution in [0.1, 0.15) is 13.8 Å². The van der Waals surface area contributed by atoms with Gasteiger partial charge < -0.3 is 24.8 Å². The number of carboxylic acids is 1. The molecular formula is C10H20O6. The van der Waals surface area contributed by atoms with Gasteiger partial charge in [0.25, 0.3) is 0 Å². The fraction of sp³-hybridized carbons (Fsp3) is 0.700. The summed E-state index contributed by atoms with van der Waals surface area (Å²) < 4.78 is 9.51. The number of aliphatic hydroxyl groups excluding tert-OH is 2.